The topological polar surface area (TPSA) is 53.4 Å². The van der Waals surface area contributed by atoms with Crippen LogP contribution in [-0.4, -0.2) is 34.7 Å². The smallest absolute Gasteiger partial charge is 0.202 e. The summed E-state index contributed by atoms with van der Waals surface area (Å²) in [5, 5.41) is 1.57. The quantitative estimate of drug-likeness (QED) is 0.455. The van der Waals surface area contributed by atoms with Crippen LogP contribution in [0.2, 0.25) is 10.0 Å². The normalized spacial score (nSPS) is 16.4. The lowest BCUT2D eigenvalue weighted by Gasteiger charge is -2.15. The van der Waals surface area contributed by atoms with Gasteiger partial charge in [-0.1, -0.05) is 23.2 Å². The number of hydrogen-bond donors (Lipinski definition) is 0. The molecule has 4 rings (SSSR count). The summed E-state index contributed by atoms with van der Waals surface area (Å²) in [7, 11) is 0. The van der Waals surface area contributed by atoms with E-state index in [4.69, 9.17) is 32.7 Å². The Bertz CT molecular complexity index is 1120. The van der Waals surface area contributed by atoms with Gasteiger partial charge in [0, 0.05) is 41.2 Å². The molecule has 0 N–H and O–H groups in total. The number of benzene rings is 1. The van der Waals surface area contributed by atoms with Gasteiger partial charge in [-0.25, -0.2) is 4.98 Å². The van der Waals surface area contributed by atoms with Crippen LogP contribution in [0.3, 0.4) is 0 Å². The molecule has 1 fully saturated rings. The Morgan fingerprint density at radius 3 is 2.77 bits per heavy atom. The fraction of sp³-hybridized carbons (Fsp3) is 0.391. The van der Waals surface area contributed by atoms with Crippen molar-refractivity contribution in [2.45, 2.75) is 46.3 Å². The van der Waals surface area contributed by atoms with Gasteiger partial charge in [-0.3, -0.25) is 4.79 Å². The molecule has 7 heteroatoms. The van der Waals surface area contributed by atoms with Gasteiger partial charge in [-0.05, 0) is 57.9 Å². The van der Waals surface area contributed by atoms with E-state index in [0.29, 0.717) is 26.9 Å². The number of aromatic nitrogens is 2. The lowest BCUT2D eigenvalue weighted by atomic mass is 10.1. The number of ether oxygens (including phenoxy) is 2. The zero-order valence-electron chi connectivity index (χ0n) is 17.3. The highest BCUT2D eigenvalue weighted by molar-refractivity contribution is 6.39. The van der Waals surface area contributed by atoms with E-state index in [9.17, 15) is 4.79 Å². The summed E-state index contributed by atoms with van der Waals surface area (Å²) < 4.78 is 13.8. The van der Waals surface area contributed by atoms with Crippen LogP contribution in [0.4, 0.5) is 0 Å². The van der Waals surface area contributed by atoms with Crippen molar-refractivity contribution >= 4 is 39.9 Å². The number of hydrogen-bond acceptors (Lipinski definition) is 4. The summed E-state index contributed by atoms with van der Waals surface area (Å²) in [5.41, 5.74) is 4.00. The molecule has 0 bridgehead atoms. The first-order valence-electron chi connectivity index (χ1n) is 10.0. The van der Waals surface area contributed by atoms with Gasteiger partial charge < -0.3 is 14.0 Å². The Hall–Kier alpha value is -2.08. The molecule has 5 nitrogen and oxygen atoms in total. The monoisotopic (exact) mass is 446 g/mol. The molecule has 30 heavy (non-hydrogen) atoms. The van der Waals surface area contributed by atoms with E-state index in [1.165, 1.54) is 0 Å². The van der Waals surface area contributed by atoms with Gasteiger partial charge >= 0.3 is 0 Å². The number of pyridine rings is 1. The number of fused-ring (bicyclic) bond motifs is 1. The zero-order chi connectivity index (χ0) is 21.4. The molecule has 0 unspecified atom stereocenters. The lowest BCUT2D eigenvalue weighted by molar-refractivity contribution is 0.0915. The van der Waals surface area contributed by atoms with E-state index in [1.807, 2.05) is 39.0 Å². The lowest BCUT2D eigenvalue weighted by Crippen LogP contribution is -2.18. The van der Waals surface area contributed by atoms with Gasteiger partial charge in [-0.2, -0.15) is 0 Å². The van der Waals surface area contributed by atoms with Gasteiger partial charge in [0.25, 0.3) is 0 Å². The third-order valence-corrected chi connectivity index (χ3v) is 6.20. The molecule has 1 aliphatic rings. The molecule has 0 amide bonds. The van der Waals surface area contributed by atoms with Gasteiger partial charge in [0.2, 0.25) is 5.78 Å². The maximum Gasteiger partial charge on any atom is 0.202 e. The summed E-state index contributed by atoms with van der Waals surface area (Å²) in [4.78, 5) is 17.5. The highest BCUT2D eigenvalue weighted by atomic mass is 35.5. The number of carbonyl (C=O) groups excluding carboxylic acids is 1. The van der Waals surface area contributed by atoms with Crippen molar-refractivity contribution in [1.82, 2.24) is 9.55 Å². The first kappa shape index (κ1) is 21.2. The van der Waals surface area contributed by atoms with Crippen LogP contribution < -0.4 is 4.74 Å². The second-order valence-electron chi connectivity index (χ2n) is 7.76. The second kappa shape index (κ2) is 8.58. The Labute approximate surface area is 185 Å². The predicted molar refractivity (Wildman–Crippen MR) is 119 cm³/mol. The molecule has 0 radical (unpaired) electrons. The van der Waals surface area contributed by atoms with Crippen LogP contribution in [0.15, 0.2) is 24.3 Å². The molecular weight excluding hydrogens is 423 g/mol. The number of halogens is 2. The summed E-state index contributed by atoms with van der Waals surface area (Å²) >= 11 is 12.7. The average Bonchev–Trinajstić information content (AvgIpc) is 3.31. The fourth-order valence-corrected chi connectivity index (χ4v) is 4.57. The minimum Gasteiger partial charge on any atom is -0.482 e. The fourth-order valence-electron chi connectivity index (χ4n) is 4.00. The summed E-state index contributed by atoms with van der Waals surface area (Å²) in [6.07, 6.45) is 2.35. The molecule has 1 aliphatic heterocycles. The molecule has 0 aliphatic carbocycles. The second-order valence-corrected chi connectivity index (χ2v) is 8.57. The molecule has 3 heterocycles. The van der Waals surface area contributed by atoms with E-state index in [1.54, 1.807) is 6.07 Å². The van der Waals surface area contributed by atoms with E-state index >= 15 is 0 Å². The van der Waals surface area contributed by atoms with E-state index in [0.717, 1.165) is 48.5 Å². The third kappa shape index (κ3) is 4.07. The van der Waals surface area contributed by atoms with Crippen LogP contribution in [0, 0.1) is 20.8 Å². The standard InChI is InChI=1S/C23H24Cl2N2O3/c1-13-6-7-17-19(24)10-20(25)23(22(17)26-13)30-12-21(28)18-9-14(2)27(15(18)3)11-16-5-4-8-29-16/h6-7,9-10,16H,4-5,8,11-12H2,1-3H3/t16-/m1/s1. The molecule has 3 aromatic rings. The number of aryl methyl sites for hydroxylation is 2. The van der Waals surface area contributed by atoms with Crippen LogP contribution >= 0.6 is 23.2 Å². The molecular formula is C23H24Cl2N2O3. The number of ketones is 1. The number of Topliss-reactive ketones (excluding diaryl/α,β-unsaturated/α-hetero) is 1. The number of nitrogens with zero attached hydrogens (tertiary/aromatic N) is 2. The van der Waals surface area contributed by atoms with Crippen molar-refractivity contribution in [2.24, 2.45) is 0 Å². The van der Waals surface area contributed by atoms with E-state index < -0.39 is 0 Å². The Kier molecular flexibility index (Phi) is 6.05. The first-order chi connectivity index (χ1) is 14.3. The van der Waals surface area contributed by atoms with Crippen molar-refractivity contribution in [1.29, 1.82) is 0 Å². The average molecular weight is 447 g/mol. The Morgan fingerprint density at radius 2 is 2.03 bits per heavy atom. The molecule has 1 saturated heterocycles. The molecule has 158 valence electrons. The van der Waals surface area contributed by atoms with Gasteiger partial charge in [-0.15, -0.1) is 0 Å². The van der Waals surface area contributed by atoms with Crippen LogP contribution in [-0.2, 0) is 11.3 Å². The SMILES string of the molecule is Cc1ccc2c(Cl)cc(Cl)c(OCC(=O)c3cc(C)n(C[C@H]4CCCO4)c3C)c2n1. The summed E-state index contributed by atoms with van der Waals surface area (Å²) in [5.74, 6) is 0.273. The molecule has 1 atom stereocenters. The van der Waals surface area contributed by atoms with Gasteiger partial charge in [0.1, 0.15) is 5.52 Å². The maximum absolute atomic E-state index is 13.0. The van der Waals surface area contributed by atoms with Crippen molar-refractivity contribution < 1.29 is 14.3 Å². The zero-order valence-corrected chi connectivity index (χ0v) is 18.8. The predicted octanol–water partition coefficient (Wildman–Crippen LogP) is 5.71. The first-order valence-corrected chi connectivity index (χ1v) is 10.8. The maximum atomic E-state index is 13.0. The summed E-state index contributed by atoms with van der Waals surface area (Å²) in [6, 6.07) is 7.29. The van der Waals surface area contributed by atoms with Crippen LogP contribution in [0.5, 0.6) is 5.75 Å². The van der Waals surface area contributed by atoms with Crippen molar-refractivity contribution in [3.8, 4) is 5.75 Å². The molecule has 1 aromatic carbocycles. The molecule has 2 aromatic heterocycles. The van der Waals surface area contributed by atoms with Crippen molar-refractivity contribution in [2.75, 3.05) is 13.2 Å². The largest absolute Gasteiger partial charge is 0.482 e. The minimum atomic E-state index is -0.129. The third-order valence-electron chi connectivity index (χ3n) is 5.61. The van der Waals surface area contributed by atoms with Gasteiger partial charge in [0.05, 0.1) is 16.1 Å². The van der Waals surface area contributed by atoms with Gasteiger partial charge in [0.15, 0.2) is 12.4 Å². The number of rotatable bonds is 6. The molecule has 0 saturated carbocycles. The van der Waals surface area contributed by atoms with E-state index in [2.05, 4.69) is 9.55 Å². The van der Waals surface area contributed by atoms with Crippen molar-refractivity contribution in [3.05, 3.63) is 57.0 Å². The van der Waals surface area contributed by atoms with Crippen LogP contribution in [0.1, 0.15) is 40.3 Å². The van der Waals surface area contributed by atoms with E-state index in [-0.39, 0.29) is 18.5 Å². The summed E-state index contributed by atoms with van der Waals surface area (Å²) in [6.45, 7) is 7.30. The Morgan fingerprint density at radius 1 is 1.23 bits per heavy atom. The van der Waals surface area contributed by atoms with Crippen molar-refractivity contribution in [3.63, 3.8) is 0 Å². The molecule has 0 spiro atoms. The highest BCUT2D eigenvalue weighted by Crippen LogP contribution is 2.37. The minimum absolute atomic E-state index is 0.103. The Balaban J connectivity index is 1.56. The number of carbonyl (C=O) groups is 1. The van der Waals surface area contributed by atoms with Crippen LogP contribution in [0.25, 0.3) is 10.9 Å². The highest BCUT2D eigenvalue weighted by Gasteiger charge is 2.22.